The molecule has 0 aromatic heterocycles. The molecule has 3 nitrogen and oxygen atoms in total. The Morgan fingerprint density at radius 1 is 1.24 bits per heavy atom. The van der Waals surface area contributed by atoms with Crippen molar-refractivity contribution >= 4 is 24.4 Å². The molecule has 17 heavy (non-hydrogen) atoms. The van der Waals surface area contributed by atoms with Crippen LogP contribution in [0.5, 0.6) is 0 Å². The highest BCUT2D eigenvalue weighted by molar-refractivity contribution is 7.64. The van der Waals surface area contributed by atoms with Gasteiger partial charge in [0.05, 0.1) is 11.9 Å². The summed E-state index contributed by atoms with van der Waals surface area (Å²) in [5.41, 5.74) is 5.69. The maximum atomic E-state index is 12.1. The van der Waals surface area contributed by atoms with Crippen molar-refractivity contribution in [1.29, 1.82) is 0 Å². The summed E-state index contributed by atoms with van der Waals surface area (Å²) in [5, 5.41) is 1.11. The average molecular weight is 276 g/mol. The van der Waals surface area contributed by atoms with E-state index in [1.54, 1.807) is 24.3 Å². The third-order valence-electron chi connectivity index (χ3n) is 2.47. The molecular weight excluding hydrogens is 257 g/mol. The summed E-state index contributed by atoms with van der Waals surface area (Å²) in [5.74, 6) is 0. The molecule has 1 aromatic rings. The first-order valence-electron chi connectivity index (χ1n) is 5.85. The Kier molecular flexibility index (Phi) is 6.21. The zero-order valence-electron chi connectivity index (χ0n) is 10.1. The molecule has 0 heterocycles. The van der Waals surface area contributed by atoms with Crippen molar-refractivity contribution in [3.8, 4) is 0 Å². The zero-order valence-corrected chi connectivity index (χ0v) is 11.7. The van der Waals surface area contributed by atoms with Crippen molar-refractivity contribution in [2.45, 2.75) is 32.6 Å². The number of hydrogen-bond acceptors (Lipinski definition) is 2. The molecule has 0 aliphatic carbocycles. The summed E-state index contributed by atoms with van der Waals surface area (Å²) in [6, 6.07) is 6.62. The van der Waals surface area contributed by atoms with E-state index in [1.807, 2.05) is 0 Å². The molecule has 0 saturated heterocycles. The molecule has 1 aromatic carbocycles. The summed E-state index contributed by atoms with van der Waals surface area (Å²) >= 11 is 5.75. The Morgan fingerprint density at radius 2 is 1.88 bits per heavy atom. The number of hydrogen-bond donors (Lipinski definition) is 1. The zero-order chi connectivity index (χ0) is 12.7. The Labute approximate surface area is 108 Å². The van der Waals surface area contributed by atoms with E-state index in [-0.39, 0.29) is 0 Å². The normalized spacial score (nSPS) is 14.5. The molecule has 0 aliphatic rings. The third kappa shape index (κ3) is 5.22. The molecule has 1 unspecified atom stereocenters. The van der Waals surface area contributed by atoms with E-state index in [2.05, 4.69) is 6.92 Å². The largest absolute Gasteiger partial charge is 0.314 e. The molecule has 96 valence electrons. The van der Waals surface area contributed by atoms with E-state index in [0.29, 0.717) is 16.9 Å². The van der Waals surface area contributed by atoms with Gasteiger partial charge in [0.15, 0.2) is 0 Å². The second-order valence-electron chi connectivity index (χ2n) is 3.97. The van der Waals surface area contributed by atoms with Gasteiger partial charge in [-0.25, -0.2) is 0 Å². The van der Waals surface area contributed by atoms with Gasteiger partial charge in [-0.15, -0.1) is 0 Å². The van der Waals surface area contributed by atoms with E-state index >= 15 is 0 Å². The molecule has 0 aliphatic heterocycles. The average Bonchev–Trinajstić information content (AvgIpc) is 2.29. The number of rotatable bonds is 7. The smallest absolute Gasteiger partial charge is 0.297 e. The van der Waals surface area contributed by atoms with Crippen LogP contribution in [0.15, 0.2) is 24.3 Å². The topological polar surface area (TPSA) is 52.3 Å². The van der Waals surface area contributed by atoms with Crippen molar-refractivity contribution < 1.29 is 9.09 Å². The summed E-state index contributed by atoms with van der Waals surface area (Å²) in [7, 11) is -3.17. The standard InChI is InChI=1S/C12H19ClNO2P/c1-2-3-4-5-10-16-17(14,15)12-8-6-11(13)7-9-12/h6-9H,2-5,10H2,1H3,(H2,14,15). The minimum atomic E-state index is -3.17. The molecule has 0 fully saturated rings. The maximum absolute atomic E-state index is 12.1. The Hall–Kier alpha value is -0.340. The molecule has 1 rings (SSSR count). The minimum Gasteiger partial charge on any atom is -0.314 e. The minimum absolute atomic E-state index is 0.441. The van der Waals surface area contributed by atoms with Gasteiger partial charge in [-0.3, -0.25) is 10.1 Å². The molecule has 1 atom stereocenters. The summed E-state index contributed by atoms with van der Waals surface area (Å²) in [6.45, 7) is 2.58. The summed E-state index contributed by atoms with van der Waals surface area (Å²) < 4.78 is 17.4. The second-order valence-corrected chi connectivity index (χ2v) is 6.37. The van der Waals surface area contributed by atoms with E-state index in [9.17, 15) is 4.57 Å². The van der Waals surface area contributed by atoms with E-state index in [0.717, 1.165) is 19.3 Å². The van der Waals surface area contributed by atoms with Gasteiger partial charge in [0.1, 0.15) is 0 Å². The van der Waals surface area contributed by atoms with Crippen LogP contribution in [0, 0.1) is 0 Å². The van der Waals surface area contributed by atoms with Crippen molar-refractivity contribution in [1.82, 2.24) is 0 Å². The Balaban J connectivity index is 2.45. The molecule has 2 N–H and O–H groups in total. The molecule has 0 amide bonds. The van der Waals surface area contributed by atoms with E-state index in [4.69, 9.17) is 21.6 Å². The lowest BCUT2D eigenvalue weighted by Gasteiger charge is -2.13. The Bertz CT molecular complexity index is 381. The highest BCUT2D eigenvalue weighted by Crippen LogP contribution is 2.36. The predicted molar refractivity (Wildman–Crippen MR) is 73.0 cm³/mol. The molecule has 5 heteroatoms. The van der Waals surface area contributed by atoms with Crippen LogP contribution in [0.1, 0.15) is 32.6 Å². The van der Waals surface area contributed by atoms with Crippen LogP contribution >= 0.6 is 19.1 Å². The second kappa shape index (κ2) is 7.17. The first-order valence-corrected chi connectivity index (χ1v) is 7.92. The lowest BCUT2D eigenvalue weighted by Crippen LogP contribution is -2.14. The first kappa shape index (κ1) is 14.7. The van der Waals surface area contributed by atoms with Crippen molar-refractivity contribution in [3.05, 3.63) is 29.3 Å². The number of halogens is 1. The van der Waals surface area contributed by atoms with Gasteiger partial charge in [-0.2, -0.15) is 0 Å². The molecule has 0 spiro atoms. The summed E-state index contributed by atoms with van der Waals surface area (Å²) in [4.78, 5) is 0. The fourth-order valence-corrected chi connectivity index (χ4v) is 2.69. The fourth-order valence-electron chi connectivity index (χ4n) is 1.45. The molecular formula is C12H19ClNO2P. The van der Waals surface area contributed by atoms with Crippen LogP contribution in [0.25, 0.3) is 0 Å². The molecule has 0 saturated carbocycles. The van der Waals surface area contributed by atoms with Gasteiger partial charge in [0.25, 0.3) is 7.52 Å². The van der Waals surface area contributed by atoms with Crippen molar-refractivity contribution in [2.24, 2.45) is 5.50 Å². The number of benzene rings is 1. The lowest BCUT2D eigenvalue weighted by atomic mass is 10.2. The van der Waals surface area contributed by atoms with Gasteiger partial charge in [0, 0.05) is 5.02 Å². The molecule has 0 radical (unpaired) electrons. The highest BCUT2D eigenvalue weighted by Gasteiger charge is 2.19. The van der Waals surface area contributed by atoms with Crippen molar-refractivity contribution in [3.63, 3.8) is 0 Å². The van der Waals surface area contributed by atoms with Crippen LogP contribution in [-0.2, 0) is 9.09 Å². The van der Waals surface area contributed by atoms with Gasteiger partial charge in [-0.1, -0.05) is 37.8 Å². The lowest BCUT2D eigenvalue weighted by molar-refractivity contribution is 0.309. The van der Waals surface area contributed by atoms with Crippen molar-refractivity contribution in [2.75, 3.05) is 6.61 Å². The van der Waals surface area contributed by atoms with Crippen LogP contribution < -0.4 is 10.8 Å². The first-order chi connectivity index (χ1) is 8.06. The van der Waals surface area contributed by atoms with Gasteiger partial charge >= 0.3 is 0 Å². The van der Waals surface area contributed by atoms with Gasteiger partial charge in [-0.05, 0) is 30.7 Å². The van der Waals surface area contributed by atoms with E-state index < -0.39 is 7.52 Å². The summed E-state index contributed by atoms with van der Waals surface area (Å²) in [6.07, 6.45) is 4.30. The van der Waals surface area contributed by atoms with Crippen LogP contribution in [0.2, 0.25) is 5.02 Å². The van der Waals surface area contributed by atoms with E-state index in [1.165, 1.54) is 6.42 Å². The van der Waals surface area contributed by atoms with Crippen LogP contribution in [0.4, 0.5) is 0 Å². The number of nitrogens with two attached hydrogens (primary N) is 1. The SMILES string of the molecule is CCCCCCOP(N)(=O)c1ccc(Cl)cc1. The fraction of sp³-hybridized carbons (Fsp3) is 0.500. The quantitative estimate of drug-likeness (QED) is 0.609. The van der Waals surface area contributed by atoms with Gasteiger partial charge in [0.2, 0.25) is 0 Å². The van der Waals surface area contributed by atoms with Crippen LogP contribution in [-0.4, -0.2) is 6.61 Å². The molecule has 0 bridgehead atoms. The predicted octanol–water partition coefficient (Wildman–Crippen LogP) is 3.71. The number of unbranched alkanes of at least 4 members (excludes halogenated alkanes) is 3. The maximum Gasteiger partial charge on any atom is 0.297 e. The Morgan fingerprint density at radius 3 is 2.47 bits per heavy atom. The highest BCUT2D eigenvalue weighted by atomic mass is 35.5. The van der Waals surface area contributed by atoms with Gasteiger partial charge < -0.3 is 4.52 Å². The van der Waals surface area contributed by atoms with Crippen LogP contribution in [0.3, 0.4) is 0 Å². The monoisotopic (exact) mass is 275 g/mol. The third-order valence-corrected chi connectivity index (χ3v) is 4.30.